The van der Waals surface area contributed by atoms with Gasteiger partial charge in [-0.3, -0.25) is 0 Å². The van der Waals surface area contributed by atoms with Crippen LogP contribution in [0.4, 0.5) is 0 Å². The van der Waals surface area contributed by atoms with Gasteiger partial charge in [0.25, 0.3) is 0 Å². The molecule has 0 aliphatic carbocycles. The lowest BCUT2D eigenvalue weighted by molar-refractivity contribution is 0.399. The summed E-state index contributed by atoms with van der Waals surface area (Å²) in [5, 5.41) is 6.47. The summed E-state index contributed by atoms with van der Waals surface area (Å²) in [5.41, 5.74) is 0. The fourth-order valence-electron chi connectivity index (χ4n) is 1.31. The molecule has 1 aliphatic heterocycles. The number of thiocarbonyl (C=S) groups is 1. The van der Waals surface area contributed by atoms with Gasteiger partial charge in [-0.15, -0.1) is 12.6 Å². The second-order valence-corrected chi connectivity index (χ2v) is 3.99. The van der Waals surface area contributed by atoms with E-state index < -0.39 is 0 Å². The van der Waals surface area contributed by atoms with Gasteiger partial charge in [0.05, 0.1) is 0 Å². The van der Waals surface area contributed by atoms with Gasteiger partial charge in [0, 0.05) is 12.6 Å². The highest BCUT2D eigenvalue weighted by atomic mass is 32.1. The predicted molar refractivity (Wildman–Crippen MR) is 55.2 cm³/mol. The molecule has 0 amide bonds. The third-order valence-corrected chi connectivity index (χ3v) is 2.21. The lowest BCUT2D eigenvalue weighted by atomic mass is 10.1. The van der Waals surface area contributed by atoms with E-state index in [1.54, 1.807) is 0 Å². The van der Waals surface area contributed by atoms with Crippen molar-refractivity contribution in [2.45, 2.75) is 25.3 Å². The Morgan fingerprint density at radius 3 is 3.00 bits per heavy atom. The molecule has 1 heterocycles. The standard InChI is InChI=1S/C7H14N2S2/c10-7(11)9-5-6-3-1-2-4-8-6/h6,8H,1-5H2,(H2,9,10,11)/t6-/m0/s1. The van der Waals surface area contributed by atoms with E-state index in [-0.39, 0.29) is 0 Å². The topological polar surface area (TPSA) is 24.1 Å². The molecule has 0 unspecified atom stereocenters. The zero-order valence-electron chi connectivity index (χ0n) is 6.47. The number of hydrogen-bond donors (Lipinski definition) is 3. The summed E-state index contributed by atoms with van der Waals surface area (Å²) in [5.74, 6) is 0. The normalized spacial score (nSPS) is 24.6. The molecule has 0 spiro atoms. The Balaban J connectivity index is 2.09. The van der Waals surface area contributed by atoms with E-state index >= 15 is 0 Å². The zero-order valence-corrected chi connectivity index (χ0v) is 8.18. The molecule has 0 bridgehead atoms. The van der Waals surface area contributed by atoms with Gasteiger partial charge in [0.15, 0.2) is 0 Å². The van der Waals surface area contributed by atoms with Crippen molar-refractivity contribution in [1.82, 2.24) is 10.6 Å². The second-order valence-electron chi connectivity index (χ2n) is 2.83. The maximum absolute atomic E-state index is 4.79. The molecule has 0 aromatic rings. The lowest BCUT2D eigenvalue weighted by Crippen LogP contribution is -2.42. The number of rotatable bonds is 2. The Kier molecular flexibility index (Phi) is 4.18. The van der Waals surface area contributed by atoms with Crippen molar-refractivity contribution in [1.29, 1.82) is 0 Å². The largest absolute Gasteiger partial charge is 0.370 e. The highest BCUT2D eigenvalue weighted by Crippen LogP contribution is 2.05. The summed E-state index contributed by atoms with van der Waals surface area (Å²) >= 11 is 8.78. The maximum Gasteiger partial charge on any atom is 0.130 e. The molecule has 0 aromatic heterocycles. The molecule has 1 aliphatic rings. The molecule has 0 aromatic carbocycles. The van der Waals surface area contributed by atoms with E-state index in [9.17, 15) is 0 Å². The van der Waals surface area contributed by atoms with E-state index in [2.05, 4.69) is 23.3 Å². The predicted octanol–water partition coefficient (Wildman–Crippen LogP) is 0.933. The first-order chi connectivity index (χ1) is 5.29. The van der Waals surface area contributed by atoms with Crippen LogP contribution in [-0.4, -0.2) is 23.5 Å². The summed E-state index contributed by atoms with van der Waals surface area (Å²) < 4.78 is 0.595. The van der Waals surface area contributed by atoms with Crippen molar-refractivity contribution in [2.24, 2.45) is 0 Å². The van der Waals surface area contributed by atoms with E-state index in [4.69, 9.17) is 12.2 Å². The SMILES string of the molecule is S=C(S)NC[C@@H]1CCCCN1. The van der Waals surface area contributed by atoms with E-state index in [1.165, 1.54) is 19.3 Å². The molecule has 64 valence electrons. The van der Waals surface area contributed by atoms with Gasteiger partial charge >= 0.3 is 0 Å². The molecule has 4 heteroatoms. The van der Waals surface area contributed by atoms with Crippen LogP contribution < -0.4 is 10.6 Å². The molecule has 11 heavy (non-hydrogen) atoms. The van der Waals surface area contributed by atoms with Gasteiger partial charge in [0.1, 0.15) is 4.32 Å². The first-order valence-corrected chi connectivity index (χ1v) is 4.85. The minimum absolute atomic E-state index is 0.592. The average Bonchev–Trinajstić information content (AvgIpc) is 2.03. The highest BCUT2D eigenvalue weighted by molar-refractivity contribution is 8.11. The Labute approximate surface area is 78.5 Å². The first-order valence-electron chi connectivity index (χ1n) is 3.99. The molecule has 2 N–H and O–H groups in total. The Morgan fingerprint density at radius 2 is 2.45 bits per heavy atom. The number of hydrogen-bond acceptors (Lipinski definition) is 2. The monoisotopic (exact) mass is 190 g/mol. The molecule has 1 fully saturated rings. The fraction of sp³-hybridized carbons (Fsp3) is 0.857. The summed E-state index contributed by atoms with van der Waals surface area (Å²) in [4.78, 5) is 0. The van der Waals surface area contributed by atoms with Crippen LogP contribution >= 0.6 is 24.8 Å². The summed E-state index contributed by atoms with van der Waals surface area (Å²) in [6.45, 7) is 2.06. The van der Waals surface area contributed by atoms with Crippen molar-refractivity contribution in [3.05, 3.63) is 0 Å². The van der Waals surface area contributed by atoms with Gasteiger partial charge in [-0.1, -0.05) is 18.6 Å². The fourth-order valence-corrected chi connectivity index (χ4v) is 1.48. The quantitative estimate of drug-likeness (QED) is 0.446. The summed E-state index contributed by atoms with van der Waals surface area (Å²) in [7, 11) is 0. The summed E-state index contributed by atoms with van der Waals surface area (Å²) in [6, 6.07) is 0.592. The van der Waals surface area contributed by atoms with Crippen LogP contribution in [0, 0.1) is 0 Å². The second kappa shape index (κ2) is 4.95. The molecule has 0 radical (unpaired) electrons. The first kappa shape index (κ1) is 9.29. The minimum Gasteiger partial charge on any atom is -0.370 e. The van der Waals surface area contributed by atoms with Crippen molar-refractivity contribution < 1.29 is 0 Å². The molecule has 0 saturated carbocycles. The van der Waals surface area contributed by atoms with Crippen LogP contribution in [0.25, 0.3) is 0 Å². The Hall–Kier alpha value is 0.200. The molecule has 1 saturated heterocycles. The van der Waals surface area contributed by atoms with Crippen molar-refractivity contribution in [3.8, 4) is 0 Å². The van der Waals surface area contributed by atoms with E-state index in [0.717, 1.165) is 13.1 Å². The van der Waals surface area contributed by atoms with Crippen LogP contribution in [0.2, 0.25) is 0 Å². The van der Waals surface area contributed by atoms with Crippen LogP contribution in [0.1, 0.15) is 19.3 Å². The van der Waals surface area contributed by atoms with Crippen LogP contribution in [-0.2, 0) is 0 Å². The molecule has 1 rings (SSSR count). The van der Waals surface area contributed by atoms with Crippen molar-refractivity contribution in [3.63, 3.8) is 0 Å². The van der Waals surface area contributed by atoms with E-state index in [0.29, 0.717) is 10.4 Å². The zero-order chi connectivity index (χ0) is 8.10. The van der Waals surface area contributed by atoms with Crippen molar-refractivity contribution in [2.75, 3.05) is 13.1 Å². The van der Waals surface area contributed by atoms with Gasteiger partial charge in [0.2, 0.25) is 0 Å². The van der Waals surface area contributed by atoms with Crippen molar-refractivity contribution >= 4 is 29.2 Å². The number of nitrogens with one attached hydrogen (secondary N) is 2. The molecule has 2 nitrogen and oxygen atoms in total. The third kappa shape index (κ3) is 3.94. The lowest BCUT2D eigenvalue weighted by Gasteiger charge is -2.23. The summed E-state index contributed by atoms with van der Waals surface area (Å²) in [6.07, 6.45) is 3.89. The maximum atomic E-state index is 4.79. The van der Waals surface area contributed by atoms with Crippen LogP contribution in [0.3, 0.4) is 0 Å². The molecular weight excluding hydrogens is 176 g/mol. The highest BCUT2D eigenvalue weighted by Gasteiger charge is 2.11. The molecular formula is C7H14N2S2. The van der Waals surface area contributed by atoms with Gasteiger partial charge in [-0.25, -0.2) is 0 Å². The Bertz CT molecular complexity index is 132. The van der Waals surface area contributed by atoms with Gasteiger partial charge in [-0.2, -0.15) is 0 Å². The van der Waals surface area contributed by atoms with Crippen LogP contribution in [0.15, 0.2) is 0 Å². The molecule has 1 atom stereocenters. The van der Waals surface area contributed by atoms with E-state index in [1.807, 2.05) is 0 Å². The van der Waals surface area contributed by atoms with Gasteiger partial charge in [-0.05, 0) is 19.4 Å². The smallest absolute Gasteiger partial charge is 0.130 e. The number of thiol groups is 1. The average molecular weight is 190 g/mol. The Morgan fingerprint density at radius 1 is 1.64 bits per heavy atom. The van der Waals surface area contributed by atoms with Crippen LogP contribution in [0.5, 0.6) is 0 Å². The number of piperidine rings is 1. The third-order valence-electron chi connectivity index (χ3n) is 1.91. The minimum atomic E-state index is 0.592. The van der Waals surface area contributed by atoms with Gasteiger partial charge < -0.3 is 10.6 Å².